The number of carbonyl (C=O) groups is 2. The molecular formula is C31H38FN3O5S. The Labute approximate surface area is 242 Å². The van der Waals surface area contributed by atoms with Crippen molar-refractivity contribution in [3.05, 3.63) is 89.7 Å². The summed E-state index contributed by atoms with van der Waals surface area (Å²) >= 11 is 0. The van der Waals surface area contributed by atoms with Crippen LogP contribution >= 0.6 is 0 Å². The largest absolute Gasteiger partial charge is 0.494 e. The molecule has 1 N–H and O–H groups in total. The lowest BCUT2D eigenvalue weighted by Crippen LogP contribution is -2.53. The second kappa shape index (κ2) is 14.1. The molecule has 0 aliphatic rings. The minimum Gasteiger partial charge on any atom is -0.494 e. The first-order valence-corrected chi connectivity index (χ1v) is 15.1. The normalized spacial score (nSPS) is 12.1. The molecule has 0 bridgehead atoms. The summed E-state index contributed by atoms with van der Waals surface area (Å²) in [6.45, 7) is 9.15. The number of benzene rings is 3. The summed E-state index contributed by atoms with van der Waals surface area (Å²) in [5.74, 6) is -0.946. The molecule has 0 spiro atoms. The van der Waals surface area contributed by atoms with Gasteiger partial charge in [-0.15, -0.1) is 0 Å². The molecule has 0 aliphatic carbocycles. The second-order valence-corrected chi connectivity index (χ2v) is 11.8. The van der Waals surface area contributed by atoms with E-state index >= 15 is 0 Å². The Morgan fingerprint density at radius 2 is 1.54 bits per heavy atom. The van der Waals surface area contributed by atoms with Crippen molar-refractivity contribution in [2.75, 3.05) is 17.5 Å². The summed E-state index contributed by atoms with van der Waals surface area (Å²) in [5, 5.41) is 2.87. The third-order valence-electron chi connectivity index (χ3n) is 6.41. The molecule has 0 saturated carbocycles. The lowest BCUT2D eigenvalue weighted by molar-refractivity contribution is -0.140. The van der Waals surface area contributed by atoms with E-state index in [-0.39, 0.29) is 29.1 Å². The third-order valence-corrected chi connectivity index (χ3v) is 8.19. The Kier molecular flexibility index (Phi) is 10.9. The number of sulfonamides is 1. The number of aryl methyl sites for hydroxylation is 1. The molecule has 1 atom stereocenters. The maximum absolute atomic E-state index is 14.0. The van der Waals surface area contributed by atoms with Crippen LogP contribution in [0.5, 0.6) is 5.75 Å². The average Bonchev–Trinajstić information content (AvgIpc) is 2.93. The van der Waals surface area contributed by atoms with Gasteiger partial charge < -0.3 is 15.0 Å². The van der Waals surface area contributed by atoms with Crippen molar-refractivity contribution in [2.45, 2.75) is 64.6 Å². The zero-order chi connectivity index (χ0) is 30.2. The number of halogens is 1. The maximum Gasteiger partial charge on any atom is 0.264 e. The van der Waals surface area contributed by atoms with Crippen molar-refractivity contribution < 1.29 is 27.1 Å². The average molecular weight is 584 g/mol. The minimum atomic E-state index is -4.27. The van der Waals surface area contributed by atoms with Crippen molar-refractivity contribution in [1.82, 2.24) is 10.2 Å². The highest BCUT2D eigenvalue weighted by atomic mass is 32.2. The molecule has 3 aromatic rings. The molecule has 0 aliphatic heterocycles. The SMILES string of the molecule is CCOc1ccc(S(=O)(=O)N(CC(=O)N(Cc2ccc(C)cc2)[C@H](CC)C(=O)NC(C)C)c2ccc(F)cc2)cc1. The van der Waals surface area contributed by atoms with E-state index in [4.69, 9.17) is 4.74 Å². The molecule has 0 radical (unpaired) electrons. The Morgan fingerprint density at radius 1 is 0.927 bits per heavy atom. The number of hydrogen-bond donors (Lipinski definition) is 1. The van der Waals surface area contributed by atoms with Crippen LogP contribution < -0.4 is 14.4 Å². The van der Waals surface area contributed by atoms with Crippen LogP contribution in [-0.4, -0.2) is 50.4 Å². The third kappa shape index (κ3) is 8.29. The van der Waals surface area contributed by atoms with Crippen LogP contribution in [0.25, 0.3) is 0 Å². The molecule has 220 valence electrons. The first-order chi connectivity index (χ1) is 19.5. The number of nitrogens with one attached hydrogen (secondary N) is 1. The number of carbonyl (C=O) groups excluding carboxylic acids is 2. The summed E-state index contributed by atoms with van der Waals surface area (Å²) in [6.07, 6.45) is 0.318. The predicted molar refractivity (Wildman–Crippen MR) is 158 cm³/mol. The highest BCUT2D eigenvalue weighted by Gasteiger charge is 2.34. The van der Waals surface area contributed by atoms with Gasteiger partial charge in [-0.25, -0.2) is 12.8 Å². The lowest BCUT2D eigenvalue weighted by Gasteiger charge is -2.33. The van der Waals surface area contributed by atoms with Gasteiger partial charge in [-0.05, 0) is 88.2 Å². The first kappa shape index (κ1) is 31.6. The van der Waals surface area contributed by atoms with Crippen LogP contribution in [0.4, 0.5) is 10.1 Å². The quantitative estimate of drug-likeness (QED) is 0.304. The number of amides is 2. The fourth-order valence-corrected chi connectivity index (χ4v) is 5.74. The van der Waals surface area contributed by atoms with E-state index in [1.807, 2.05) is 52.0 Å². The van der Waals surface area contributed by atoms with Crippen molar-refractivity contribution in [2.24, 2.45) is 0 Å². The highest BCUT2D eigenvalue weighted by molar-refractivity contribution is 7.92. The molecule has 41 heavy (non-hydrogen) atoms. The Morgan fingerprint density at radius 3 is 2.07 bits per heavy atom. The van der Waals surface area contributed by atoms with Gasteiger partial charge in [0.15, 0.2) is 0 Å². The van der Waals surface area contributed by atoms with Crippen molar-refractivity contribution in [3.63, 3.8) is 0 Å². The molecule has 0 heterocycles. The Balaban J connectivity index is 2.04. The molecule has 3 rings (SSSR count). The molecule has 2 amide bonds. The van der Waals surface area contributed by atoms with Crippen LogP contribution in [-0.2, 0) is 26.2 Å². The maximum atomic E-state index is 14.0. The van der Waals surface area contributed by atoms with Crippen molar-refractivity contribution in [3.8, 4) is 5.75 Å². The van der Waals surface area contributed by atoms with E-state index in [0.29, 0.717) is 18.8 Å². The van der Waals surface area contributed by atoms with Gasteiger partial charge in [0.1, 0.15) is 24.2 Å². The van der Waals surface area contributed by atoms with E-state index in [0.717, 1.165) is 27.6 Å². The number of nitrogens with zero attached hydrogens (tertiary/aromatic N) is 2. The minimum absolute atomic E-state index is 0.0623. The summed E-state index contributed by atoms with van der Waals surface area (Å²) in [6, 6.07) is 17.3. The lowest BCUT2D eigenvalue weighted by atomic mass is 10.1. The van der Waals surface area contributed by atoms with Crippen LogP contribution in [0.15, 0.2) is 77.7 Å². The van der Waals surface area contributed by atoms with Crippen LogP contribution in [0.3, 0.4) is 0 Å². The first-order valence-electron chi connectivity index (χ1n) is 13.6. The molecule has 0 saturated heterocycles. The predicted octanol–water partition coefficient (Wildman–Crippen LogP) is 5.06. The van der Waals surface area contributed by atoms with Gasteiger partial charge in [-0.3, -0.25) is 13.9 Å². The van der Waals surface area contributed by atoms with E-state index in [9.17, 15) is 22.4 Å². The standard InChI is InChI=1S/C31H38FN3O5S/c1-6-29(31(37)33-22(3)4)34(20-24-10-8-23(5)9-11-24)30(36)21-35(26-14-12-25(32)13-15-26)41(38,39)28-18-16-27(17-19-28)40-7-2/h8-19,22,29H,6-7,20-21H2,1-5H3,(H,33,37)/t29-/m1/s1. The van der Waals surface area contributed by atoms with Gasteiger partial charge >= 0.3 is 0 Å². The highest BCUT2D eigenvalue weighted by Crippen LogP contribution is 2.26. The smallest absolute Gasteiger partial charge is 0.264 e. The van der Waals surface area contributed by atoms with Crippen LogP contribution in [0.1, 0.15) is 45.2 Å². The zero-order valence-electron chi connectivity index (χ0n) is 24.1. The fourth-order valence-electron chi connectivity index (χ4n) is 4.33. The molecule has 0 aromatic heterocycles. The Hall–Kier alpha value is -3.92. The molecule has 3 aromatic carbocycles. The van der Waals surface area contributed by atoms with Gasteiger partial charge in [0, 0.05) is 12.6 Å². The van der Waals surface area contributed by atoms with Crippen LogP contribution in [0, 0.1) is 12.7 Å². The van der Waals surface area contributed by atoms with Gasteiger partial charge in [0.2, 0.25) is 11.8 Å². The van der Waals surface area contributed by atoms with E-state index < -0.39 is 34.3 Å². The molecule has 8 nitrogen and oxygen atoms in total. The molecule has 0 fully saturated rings. The van der Waals surface area contributed by atoms with Crippen LogP contribution in [0.2, 0.25) is 0 Å². The number of ether oxygens (including phenoxy) is 1. The van der Waals surface area contributed by atoms with Gasteiger partial charge in [-0.1, -0.05) is 36.8 Å². The van der Waals surface area contributed by atoms with Gasteiger partial charge in [-0.2, -0.15) is 0 Å². The zero-order valence-corrected chi connectivity index (χ0v) is 24.9. The van der Waals surface area contributed by atoms with E-state index in [2.05, 4.69) is 5.32 Å². The monoisotopic (exact) mass is 583 g/mol. The van der Waals surface area contributed by atoms with E-state index in [1.165, 1.54) is 41.3 Å². The molecular weight excluding hydrogens is 545 g/mol. The number of anilines is 1. The summed E-state index contributed by atoms with van der Waals surface area (Å²) < 4.78 is 48.0. The molecule has 0 unspecified atom stereocenters. The molecule has 10 heteroatoms. The number of hydrogen-bond acceptors (Lipinski definition) is 5. The fraction of sp³-hybridized carbons (Fsp3) is 0.355. The second-order valence-electron chi connectivity index (χ2n) is 9.99. The Bertz CT molecular complexity index is 1410. The van der Waals surface area contributed by atoms with Crippen molar-refractivity contribution in [1.29, 1.82) is 0 Å². The summed E-state index contributed by atoms with van der Waals surface area (Å²) in [7, 11) is -4.27. The number of rotatable bonds is 13. The van der Waals surface area contributed by atoms with Gasteiger partial charge in [0.05, 0.1) is 17.2 Å². The van der Waals surface area contributed by atoms with Crippen molar-refractivity contribution >= 4 is 27.5 Å². The van der Waals surface area contributed by atoms with Gasteiger partial charge in [0.25, 0.3) is 10.0 Å². The van der Waals surface area contributed by atoms with E-state index in [1.54, 1.807) is 6.92 Å². The summed E-state index contributed by atoms with van der Waals surface area (Å²) in [4.78, 5) is 28.5. The topological polar surface area (TPSA) is 96.0 Å². The summed E-state index contributed by atoms with van der Waals surface area (Å²) in [5.41, 5.74) is 1.95.